The fraction of sp³-hybridized carbons (Fsp3) is 0.603. The van der Waals surface area contributed by atoms with Crippen molar-refractivity contribution in [3.05, 3.63) is 122 Å². The number of hydrogen-bond acceptors (Lipinski definition) is 6. The monoisotopic (exact) mass is 885 g/mol. The fourth-order valence-electron chi connectivity index (χ4n) is 6.50. The summed E-state index contributed by atoms with van der Waals surface area (Å²) in [5, 5.41) is 0. The predicted molar refractivity (Wildman–Crippen MR) is 274 cm³/mol. The van der Waals surface area contributed by atoms with Gasteiger partial charge in [0.25, 0.3) is 0 Å². The molecule has 0 aliphatic heterocycles. The number of carbonyl (C=O) groups is 3. The number of carbonyl (C=O) groups excluding carboxylic acids is 3. The third-order valence-corrected chi connectivity index (χ3v) is 10.4. The first kappa shape index (κ1) is 59.8. The van der Waals surface area contributed by atoms with Gasteiger partial charge in [0.2, 0.25) is 0 Å². The molecule has 0 aromatic heterocycles. The summed E-state index contributed by atoms with van der Waals surface area (Å²) in [6.07, 6.45) is 70.4. The lowest BCUT2D eigenvalue weighted by atomic mass is 10.1. The van der Waals surface area contributed by atoms with E-state index in [0.29, 0.717) is 19.3 Å². The number of esters is 3. The van der Waals surface area contributed by atoms with E-state index in [1.54, 1.807) is 0 Å². The van der Waals surface area contributed by atoms with Gasteiger partial charge in [0.15, 0.2) is 6.10 Å². The van der Waals surface area contributed by atoms with Crippen molar-refractivity contribution in [1.29, 1.82) is 0 Å². The maximum Gasteiger partial charge on any atom is 0.306 e. The summed E-state index contributed by atoms with van der Waals surface area (Å²) in [6, 6.07) is 0. The highest BCUT2D eigenvalue weighted by atomic mass is 16.6. The quantitative estimate of drug-likeness (QED) is 0.0262. The molecule has 0 saturated heterocycles. The molecule has 0 aromatic carbocycles. The zero-order valence-electron chi connectivity index (χ0n) is 41.0. The van der Waals surface area contributed by atoms with E-state index in [4.69, 9.17) is 14.2 Å². The SMILES string of the molecule is CC\C=C/C=C\C=C/C=C\C=C\C=C/CCCCCC(=O)OC(COC(=O)CCCCC/C=C\C=C/CCCC)COC(=O)CCCCCCC/C=C\C=C/CCCCCCCCC. The fourth-order valence-corrected chi connectivity index (χ4v) is 6.50. The molecule has 360 valence electrons. The van der Waals surface area contributed by atoms with Gasteiger partial charge in [0.1, 0.15) is 13.2 Å². The molecule has 0 spiro atoms. The van der Waals surface area contributed by atoms with E-state index in [0.717, 1.165) is 96.3 Å². The molecule has 0 rings (SSSR count). The summed E-state index contributed by atoms with van der Waals surface area (Å²) in [6.45, 7) is 6.34. The van der Waals surface area contributed by atoms with E-state index in [1.807, 2.05) is 60.8 Å². The van der Waals surface area contributed by atoms with E-state index in [-0.39, 0.29) is 37.5 Å². The van der Waals surface area contributed by atoms with Crippen molar-refractivity contribution in [1.82, 2.24) is 0 Å². The van der Waals surface area contributed by atoms with Crippen molar-refractivity contribution in [2.75, 3.05) is 13.2 Å². The van der Waals surface area contributed by atoms with Crippen molar-refractivity contribution in [3.63, 3.8) is 0 Å². The van der Waals surface area contributed by atoms with Crippen LogP contribution in [0.3, 0.4) is 0 Å². The minimum Gasteiger partial charge on any atom is -0.462 e. The molecular formula is C58H92O6. The van der Waals surface area contributed by atoms with E-state index in [9.17, 15) is 14.4 Å². The van der Waals surface area contributed by atoms with Crippen molar-refractivity contribution in [3.8, 4) is 0 Å². The summed E-state index contributed by atoms with van der Waals surface area (Å²) >= 11 is 0. The number of allylic oxidation sites excluding steroid dienone is 20. The largest absolute Gasteiger partial charge is 0.462 e. The molecule has 64 heavy (non-hydrogen) atoms. The van der Waals surface area contributed by atoms with Crippen LogP contribution in [0.25, 0.3) is 0 Å². The summed E-state index contributed by atoms with van der Waals surface area (Å²) in [5.41, 5.74) is 0. The minimum atomic E-state index is -0.821. The lowest BCUT2D eigenvalue weighted by Gasteiger charge is -2.18. The Morgan fingerprint density at radius 3 is 1.03 bits per heavy atom. The van der Waals surface area contributed by atoms with Gasteiger partial charge in [-0.2, -0.15) is 0 Å². The standard InChI is InChI=1S/C58H92O6/c1-4-7-10-13-16-19-22-24-26-28-30-31-33-36-39-42-45-48-51-57(60)63-54-55(53-62-56(59)50-47-44-41-38-35-21-18-15-12-9-6-3)64-58(61)52-49-46-43-40-37-34-32-29-27-25-23-20-17-14-11-8-5-2/h8,11,14-15,17-18,20-21,23,25-32,34-35,37,55H,4-7,9-10,12-13,16,19,22,24,33,36,38-54H2,1-3H3/b11-8-,17-14-,18-15-,23-20-,27-25-,28-26-,31-30-,32-29+,35-21-,37-34-. The van der Waals surface area contributed by atoms with Crippen LogP contribution in [-0.4, -0.2) is 37.2 Å². The second kappa shape index (κ2) is 51.4. The van der Waals surface area contributed by atoms with Gasteiger partial charge in [-0.25, -0.2) is 0 Å². The second-order valence-electron chi connectivity index (χ2n) is 16.6. The van der Waals surface area contributed by atoms with Crippen molar-refractivity contribution in [2.24, 2.45) is 0 Å². The van der Waals surface area contributed by atoms with Gasteiger partial charge in [-0.1, -0.05) is 226 Å². The van der Waals surface area contributed by atoms with Crippen LogP contribution >= 0.6 is 0 Å². The Bertz CT molecular complexity index is 1390. The van der Waals surface area contributed by atoms with Crippen LogP contribution in [0.15, 0.2) is 122 Å². The first-order valence-corrected chi connectivity index (χ1v) is 25.7. The van der Waals surface area contributed by atoms with E-state index < -0.39 is 6.10 Å². The third kappa shape index (κ3) is 48.8. The topological polar surface area (TPSA) is 78.9 Å². The van der Waals surface area contributed by atoms with E-state index in [1.165, 1.54) is 64.2 Å². The molecule has 6 heteroatoms. The van der Waals surface area contributed by atoms with Crippen LogP contribution in [0.1, 0.15) is 207 Å². The molecule has 0 bridgehead atoms. The van der Waals surface area contributed by atoms with Gasteiger partial charge in [-0.15, -0.1) is 0 Å². The van der Waals surface area contributed by atoms with Gasteiger partial charge >= 0.3 is 17.9 Å². The molecule has 1 atom stereocenters. The van der Waals surface area contributed by atoms with E-state index >= 15 is 0 Å². The first-order valence-electron chi connectivity index (χ1n) is 25.7. The maximum absolute atomic E-state index is 12.8. The summed E-state index contributed by atoms with van der Waals surface area (Å²) < 4.78 is 16.7. The molecule has 1 unspecified atom stereocenters. The normalized spacial score (nSPS) is 13.1. The van der Waals surface area contributed by atoms with Gasteiger partial charge < -0.3 is 14.2 Å². The Hall–Kier alpha value is -4.19. The van der Waals surface area contributed by atoms with Crippen molar-refractivity contribution < 1.29 is 28.6 Å². The Labute approximate surface area is 392 Å². The zero-order valence-corrected chi connectivity index (χ0v) is 41.0. The summed E-state index contributed by atoms with van der Waals surface area (Å²) in [4.78, 5) is 37.9. The average Bonchev–Trinajstić information content (AvgIpc) is 3.29. The van der Waals surface area contributed by atoms with Gasteiger partial charge in [0.05, 0.1) is 0 Å². The van der Waals surface area contributed by atoms with Gasteiger partial charge in [-0.3, -0.25) is 14.4 Å². The second-order valence-corrected chi connectivity index (χ2v) is 16.6. The molecule has 0 radical (unpaired) electrons. The van der Waals surface area contributed by atoms with Gasteiger partial charge in [0, 0.05) is 19.3 Å². The third-order valence-electron chi connectivity index (χ3n) is 10.4. The Balaban J connectivity index is 4.54. The molecule has 0 saturated carbocycles. The first-order chi connectivity index (χ1) is 31.5. The van der Waals surface area contributed by atoms with Crippen LogP contribution in [0.5, 0.6) is 0 Å². The molecule has 0 fully saturated rings. The minimum absolute atomic E-state index is 0.117. The maximum atomic E-state index is 12.8. The number of hydrogen-bond donors (Lipinski definition) is 0. The van der Waals surface area contributed by atoms with E-state index in [2.05, 4.69) is 81.5 Å². The molecular weight excluding hydrogens is 793 g/mol. The molecule has 0 heterocycles. The Morgan fingerprint density at radius 2 is 0.625 bits per heavy atom. The molecule has 0 aromatic rings. The highest BCUT2D eigenvalue weighted by molar-refractivity contribution is 5.71. The molecule has 0 N–H and O–H groups in total. The predicted octanol–water partition coefficient (Wildman–Crippen LogP) is 16.9. The van der Waals surface area contributed by atoms with Crippen LogP contribution in [0.4, 0.5) is 0 Å². The lowest BCUT2D eigenvalue weighted by molar-refractivity contribution is -0.167. The molecule has 0 amide bonds. The zero-order chi connectivity index (χ0) is 46.5. The number of unbranched alkanes of at least 4 members (excludes halogenated alkanes) is 20. The van der Waals surface area contributed by atoms with Crippen LogP contribution < -0.4 is 0 Å². The van der Waals surface area contributed by atoms with Crippen LogP contribution in [0, 0.1) is 0 Å². The molecule has 0 aliphatic carbocycles. The summed E-state index contributed by atoms with van der Waals surface area (Å²) in [7, 11) is 0. The molecule has 6 nitrogen and oxygen atoms in total. The number of ether oxygens (including phenoxy) is 3. The van der Waals surface area contributed by atoms with Crippen LogP contribution in [-0.2, 0) is 28.6 Å². The van der Waals surface area contributed by atoms with Crippen molar-refractivity contribution >= 4 is 17.9 Å². The summed E-state index contributed by atoms with van der Waals surface area (Å²) in [5.74, 6) is -1.01. The number of rotatable bonds is 44. The van der Waals surface area contributed by atoms with Crippen LogP contribution in [0.2, 0.25) is 0 Å². The highest BCUT2D eigenvalue weighted by Gasteiger charge is 2.19. The highest BCUT2D eigenvalue weighted by Crippen LogP contribution is 2.12. The Kier molecular flexibility index (Phi) is 48.1. The Morgan fingerprint density at radius 1 is 0.328 bits per heavy atom. The smallest absolute Gasteiger partial charge is 0.306 e. The average molecular weight is 885 g/mol. The van der Waals surface area contributed by atoms with Gasteiger partial charge in [-0.05, 0) is 83.5 Å². The lowest BCUT2D eigenvalue weighted by Crippen LogP contribution is -2.30. The van der Waals surface area contributed by atoms with Crippen molar-refractivity contribution in [2.45, 2.75) is 213 Å². The molecule has 0 aliphatic rings.